The molecule has 1 fully saturated rings. The maximum absolute atomic E-state index is 6.22. The molecule has 2 bridgehead atoms. The molecule has 0 aromatic heterocycles. The van der Waals surface area contributed by atoms with Gasteiger partial charge in [0.25, 0.3) is 0 Å². The van der Waals surface area contributed by atoms with Gasteiger partial charge in [0.2, 0.25) is 0 Å². The molecule has 0 saturated heterocycles. The molecule has 0 heterocycles. The summed E-state index contributed by atoms with van der Waals surface area (Å²) in [6.45, 7) is 0. The summed E-state index contributed by atoms with van der Waals surface area (Å²) in [5.74, 6) is 0.775. The van der Waals surface area contributed by atoms with E-state index in [2.05, 4.69) is 6.07 Å². The molecule has 1 aromatic carbocycles. The lowest BCUT2D eigenvalue weighted by Gasteiger charge is -2.14. The molecule has 2 aliphatic carbocycles. The first kappa shape index (κ1) is 10.0. The molecule has 1 unspecified atom stereocenters. The summed E-state index contributed by atoms with van der Waals surface area (Å²) in [6.07, 6.45) is 2.27. The molecule has 2 aliphatic rings. The summed E-state index contributed by atoms with van der Waals surface area (Å²) < 4.78 is 0.440. The second-order valence-corrected chi connectivity index (χ2v) is 5.50. The maximum Gasteiger partial charge on any atom is 0.107 e. The van der Waals surface area contributed by atoms with Gasteiger partial charge in [-0.3, -0.25) is 0 Å². The van der Waals surface area contributed by atoms with Crippen LogP contribution in [0.2, 0.25) is 5.02 Å². The van der Waals surface area contributed by atoms with Crippen LogP contribution in [-0.4, -0.2) is 0 Å². The smallest absolute Gasteiger partial charge is 0.0840 e. The zero-order chi connectivity index (χ0) is 10.6. The van der Waals surface area contributed by atoms with Crippen molar-refractivity contribution in [2.24, 2.45) is 0 Å². The van der Waals surface area contributed by atoms with Crippen LogP contribution in [0.5, 0.6) is 0 Å². The van der Waals surface area contributed by atoms with Gasteiger partial charge in [-0.05, 0) is 35.6 Å². The quantitative estimate of drug-likeness (QED) is 0.615. The molecule has 78 valence electrons. The molecule has 3 heteroatoms. The number of rotatable bonds is 0. The van der Waals surface area contributed by atoms with Crippen LogP contribution >= 0.6 is 34.8 Å². The average Bonchev–Trinajstić information content (AvgIpc) is 2.73. The van der Waals surface area contributed by atoms with Gasteiger partial charge in [-0.1, -0.05) is 46.9 Å². The zero-order valence-electron chi connectivity index (χ0n) is 7.93. The molecule has 0 radical (unpaired) electrons. The number of fused-ring (bicyclic) bond motifs is 5. The third-order valence-corrected chi connectivity index (χ3v) is 4.29. The van der Waals surface area contributed by atoms with Gasteiger partial charge in [-0.15, -0.1) is 0 Å². The van der Waals surface area contributed by atoms with E-state index in [1.54, 1.807) is 0 Å². The average molecular weight is 260 g/mol. The van der Waals surface area contributed by atoms with Gasteiger partial charge in [-0.25, -0.2) is 0 Å². The van der Waals surface area contributed by atoms with Gasteiger partial charge in [0, 0.05) is 16.9 Å². The highest BCUT2D eigenvalue weighted by Gasteiger charge is 2.43. The minimum absolute atomic E-state index is 0.365. The molecule has 3 rings (SSSR count). The lowest BCUT2D eigenvalue weighted by Crippen LogP contribution is -1.97. The SMILES string of the molecule is ClC(Cl)=C1C2CC[C@H]1c1c(Cl)cccc12. The van der Waals surface area contributed by atoms with Crippen molar-refractivity contribution in [2.75, 3.05) is 0 Å². The highest BCUT2D eigenvalue weighted by Crippen LogP contribution is 2.60. The van der Waals surface area contributed by atoms with Gasteiger partial charge < -0.3 is 0 Å². The van der Waals surface area contributed by atoms with Crippen LogP contribution in [0.15, 0.2) is 28.3 Å². The fourth-order valence-electron chi connectivity index (χ4n) is 3.00. The Hall–Kier alpha value is -0.170. The third-order valence-electron chi connectivity index (χ3n) is 3.52. The Kier molecular flexibility index (Phi) is 2.28. The molecule has 2 atom stereocenters. The first-order valence-electron chi connectivity index (χ1n) is 5.03. The van der Waals surface area contributed by atoms with Crippen LogP contribution in [-0.2, 0) is 0 Å². The Bertz CT molecular complexity index is 458. The van der Waals surface area contributed by atoms with E-state index in [4.69, 9.17) is 34.8 Å². The molecule has 1 aromatic rings. The van der Waals surface area contributed by atoms with Crippen LogP contribution in [0.4, 0.5) is 0 Å². The standard InChI is InChI=1S/C12H9Cl3/c13-9-3-1-2-6-7-4-5-8(10(6)9)11(7)12(14)15/h1-3,7-8H,4-5H2/t7?,8-/m0/s1. The Morgan fingerprint density at radius 2 is 1.87 bits per heavy atom. The van der Waals surface area contributed by atoms with E-state index in [1.165, 1.54) is 16.7 Å². The number of allylic oxidation sites excluding steroid dienone is 1. The second-order valence-electron chi connectivity index (χ2n) is 4.14. The monoisotopic (exact) mass is 258 g/mol. The van der Waals surface area contributed by atoms with Crippen molar-refractivity contribution in [1.82, 2.24) is 0 Å². The van der Waals surface area contributed by atoms with Crippen LogP contribution in [0, 0.1) is 0 Å². The van der Waals surface area contributed by atoms with Crippen LogP contribution in [0.25, 0.3) is 0 Å². The lowest BCUT2D eigenvalue weighted by molar-refractivity contribution is 0.717. The number of benzene rings is 1. The van der Waals surface area contributed by atoms with E-state index in [1.807, 2.05) is 12.1 Å². The summed E-state index contributed by atoms with van der Waals surface area (Å²) in [4.78, 5) is 0. The second kappa shape index (κ2) is 3.41. The van der Waals surface area contributed by atoms with E-state index >= 15 is 0 Å². The van der Waals surface area contributed by atoms with Crippen molar-refractivity contribution in [1.29, 1.82) is 0 Å². The Labute approximate surface area is 104 Å². The minimum atomic E-state index is 0.365. The number of hydrogen-bond acceptors (Lipinski definition) is 0. The fourth-order valence-corrected chi connectivity index (χ4v) is 3.84. The molecule has 0 N–H and O–H groups in total. The molecular formula is C12H9Cl3. The molecule has 15 heavy (non-hydrogen) atoms. The summed E-state index contributed by atoms with van der Waals surface area (Å²) >= 11 is 18.1. The van der Waals surface area contributed by atoms with Gasteiger partial charge >= 0.3 is 0 Å². The largest absolute Gasteiger partial charge is 0.107 e. The Morgan fingerprint density at radius 3 is 2.53 bits per heavy atom. The van der Waals surface area contributed by atoms with E-state index in [9.17, 15) is 0 Å². The molecular weight excluding hydrogens is 250 g/mol. The lowest BCUT2D eigenvalue weighted by atomic mass is 9.92. The van der Waals surface area contributed by atoms with Gasteiger partial charge in [0.05, 0.1) is 0 Å². The normalized spacial score (nSPS) is 27.0. The molecule has 0 spiro atoms. The van der Waals surface area contributed by atoms with E-state index in [0.29, 0.717) is 16.3 Å². The van der Waals surface area contributed by atoms with Crippen LogP contribution < -0.4 is 0 Å². The summed E-state index contributed by atoms with van der Waals surface area (Å²) in [5, 5.41) is 0.854. The van der Waals surface area contributed by atoms with Gasteiger partial charge in [0.1, 0.15) is 4.49 Å². The van der Waals surface area contributed by atoms with Crippen LogP contribution in [0.1, 0.15) is 35.8 Å². The highest BCUT2D eigenvalue weighted by molar-refractivity contribution is 6.56. The molecule has 1 saturated carbocycles. The zero-order valence-corrected chi connectivity index (χ0v) is 10.2. The molecule has 0 aliphatic heterocycles. The Morgan fingerprint density at radius 1 is 1.13 bits per heavy atom. The maximum atomic E-state index is 6.22. The first-order chi connectivity index (χ1) is 7.20. The van der Waals surface area contributed by atoms with Crippen molar-refractivity contribution in [3.63, 3.8) is 0 Å². The van der Waals surface area contributed by atoms with Crippen molar-refractivity contribution in [3.8, 4) is 0 Å². The summed E-state index contributed by atoms with van der Waals surface area (Å²) in [6, 6.07) is 6.09. The number of halogens is 3. The van der Waals surface area contributed by atoms with E-state index < -0.39 is 0 Å². The highest BCUT2D eigenvalue weighted by atomic mass is 35.5. The van der Waals surface area contributed by atoms with Crippen molar-refractivity contribution in [3.05, 3.63) is 44.4 Å². The van der Waals surface area contributed by atoms with Gasteiger partial charge in [0.15, 0.2) is 0 Å². The summed E-state index contributed by atoms with van der Waals surface area (Å²) in [7, 11) is 0. The molecule has 0 nitrogen and oxygen atoms in total. The topological polar surface area (TPSA) is 0 Å². The summed E-state index contributed by atoms with van der Waals surface area (Å²) in [5.41, 5.74) is 3.76. The number of hydrogen-bond donors (Lipinski definition) is 0. The van der Waals surface area contributed by atoms with Gasteiger partial charge in [-0.2, -0.15) is 0 Å². The van der Waals surface area contributed by atoms with E-state index in [0.717, 1.165) is 17.9 Å². The van der Waals surface area contributed by atoms with Crippen molar-refractivity contribution in [2.45, 2.75) is 24.7 Å². The predicted octanol–water partition coefficient (Wildman–Crippen LogP) is 5.00. The van der Waals surface area contributed by atoms with E-state index in [-0.39, 0.29) is 0 Å². The minimum Gasteiger partial charge on any atom is -0.0840 e. The van der Waals surface area contributed by atoms with Crippen molar-refractivity contribution >= 4 is 34.8 Å². The fraction of sp³-hybridized carbons (Fsp3) is 0.333. The Balaban J connectivity index is 2.26. The predicted molar refractivity (Wildman–Crippen MR) is 64.9 cm³/mol. The molecule has 0 amide bonds. The first-order valence-corrected chi connectivity index (χ1v) is 6.17. The van der Waals surface area contributed by atoms with Crippen molar-refractivity contribution < 1.29 is 0 Å². The third kappa shape index (κ3) is 1.28. The van der Waals surface area contributed by atoms with Crippen LogP contribution in [0.3, 0.4) is 0 Å².